The Hall–Kier alpha value is -4.23. The van der Waals surface area contributed by atoms with Crippen molar-refractivity contribution in [2.45, 2.75) is 26.4 Å². The van der Waals surface area contributed by atoms with E-state index in [1.165, 1.54) is 55.3 Å². The van der Waals surface area contributed by atoms with Crippen LogP contribution in [0.5, 0.6) is 5.75 Å². The molecule has 14 heteroatoms. The number of rotatable bonds is 11. The molecule has 0 atom stereocenters. The Bertz CT molecular complexity index is 1460. The number of imidazole rings is 1. The van der Waals surface area contributed by atoms with Gasteiger partial charge in [-0.15, -0.1) is 0 Å². The molecule has 3 aromatic rings. The molecule has 2 aromatic carbocycles. The fourth-order valence-electron chi connectivity index (χ4n) is 3.70. The van der Waals surface area contributed by atoms with Gasteiger partial charge >= 0.3 is 6.09 Å². The Morgan fingerprint density at radius 2 is 1.69 bits per heavy atom. The average molecular weight is 608 g/mol. The number of ether oxygens (including phenoxy) is 3. The molecule has 3 rings (SSSR count). The highest BCUT2D eigenvalue weighted by molar-refractivity contribution is 6.34. The first-order valence-corrected chi connectivity index (χ1v) is 13.2. The standard InChI is InChI=1S/C28H32ClF2N5O6/c1-28(2,3)42-27(39)33-11-13-41-12-10-32-25(37)17-7-6-16(14-19(17)29)35-26(38)24-34-15-20(36(24)4)18-8-9-21(40-5)23(31)22(18)30/h6-9,14-15H,10-13H2,1-5H3,(H,32,37)(H,33,39)(H,35,38). The summed E-state index contributed by atoms with van der Waals surface area (Å²) in [6, 6.07) is 6.93. The van der Waals surface area contributed by atoms with Gasteiger partial charge in [0, 0.05) is 31.4 Å². The summed E-state index contributed by atoms with van der Waals surface area (Å²) in [5.41, 5.74) is -0.0472. The Morgan fingerprint density at radius 1 is 1.00 bits per heavy atom. The number of hydrogen-bond acceptors (Lipinski definition) is 7. The molecule has 226 valence electrons. The highest BCUT2D eigenvalue weighted by atomic mass is 35.5. The summed E-state index contributed by atoms with van der Waals surface area (Å²) in [7, 11) is 2.71. The highest BCUT2D eigenvalue weighted by Gasteiger charge is 2.22. The van der Waals surface area contributed by atoms with Gasteiger partial charge in [-0.05, 0) is 51.1 Å². The summed E-state index contributed by atoms with van der Waals surface area (Å²) in [5.74, 6) is -3.68. The van der Waals surface area contributed by atoms with Crippen molar-refractivity contribution in [2.24, 2.45) is 7.05 Å². The predicted octanol–water partition coefficient (Wildman–Crippen LogP) is 4.55. The number of carbonyl (C=O) groups is 3. The van der Waals surface area contributed by atoms with Gasteiger partial charge in [0.25, 0.3) is 11.8 Å². The fourth-order valence-corrected chi connectivity index (χ4v) is 3.96. The third-order valence-electron chi connectivity index (χ3n) is 5.65. The molecule has 0 aliphatic heterocycles. The van der Waals surface area contributed by atoms with Crippen LogP contribution in [0.2, 0.25) is 5.02 Å². The summed E-state index contributed by atoms with van der Waals surface area (Å²) in [6.45, 7) is 6.16. The van der Waals surface area contributed by atoms with Crippen LogP contribution in [-0.2, 0) is 16.5 Å². The number of benzene rings is 2. The minimum absolute atomic E-state index is 0.0696. The van der Waals surface area contributed by atoms with E-state index in [9.17, 15) is 23.2 Å². The van der Waals surface area contributed by atoms with E-state index >= 15 is 0 Å². The van der Waals surface area contributed by atoms with E-state index in [0.29, 0.717) is 0 Å². The van der Waals surface area contributed by atoms with Crippen molar-refractivity contribution in [2.75, 3.05) is 38.7 Å². The topological polar surface area (TPSA) is 133 Å². The van der Waals surface area contributed by atoms with Crippen LogP contribution in [0.1, 0.15) is 41.7 Å². The molecule has 0 radical (unpaired) electrons. The number of anilines is 1. The molecule has 0 unspecified atom stereocenters. The van der Waals surface area contributed by atoms with E-state index in [0.717, 1.165) is 0 Å². The van der Waals surface area contributed by atoms with Gasteiger partial charge in [-0.1, -0.05) is 11.6 Å². The van der Waals surface area contributed by atoms with Gasteiger partial charge in [0.2, 0.25) is 5.82 Å². The zero-order valence-corrected chi connectivity index (χ0v) is 24.5. The normalized spacial score (nSPS) is 11.1. The molecule has 42 heavy (non-hydrogen) atoms. The summed E-state index contributed by atoms with van der Waals surface area (Å²) in [4.78, 5) is 41.0. The molecule has 0 fully saturated rings. The Labute approximate surface area is 246 Å². The Morgan fingerprint density at radius 3 is 2.33 bits per heavy atom. The van der Waals surface area contributed by atoms with E-state index in [-0.39, 0.29) is 65.4 Å². The maximum Gasteiger partial charge on any atom is 0.407 e. The minimum Gasteiger partial charge on any atom is -0.494 e. The molecule has 1 heterocycles. The zero-order chi connectivity index (χ0) is 31.0. The van der Waals surface area contributed by atoms with Gasteiger partial charge in [-0.2, -0.15) is 4.39 Å². The third-order valence-corrected chi connectivity index (χ3v) is 5.96. The van der Waals surface area contributed by atoms with E-state index in [4.69, 9.17) is 25.8 Å². The number of nitrogens with zero attached hydrogens (tertiary/aromatic N) is 2. The third kappa shape index (κ3) is 8.40. The first kappa shape index (κ1) is 32.3. The van der Waals surface area contributed by atoms with E-state index < -0.39 is 35.1 Å². The number of aromatic nitrogens is 2. The van der Waals surface area contributed by atoms with Crippen LogP contribution in [0, 0.1) is 11.6 Å². The quantitative estimate of drug-likeness (QED) is 0.272. The molecule has 0 aliphatic rings. The van der Waals surface area contributed by atoms with E-state index in [2.05, 4.69) is 20.9 Å². The van der Waals surface area contributed by atoms with Crippen LogP contribution in [-0.4, -0.2) is 66.5 Å². The van der Waals surface area contributed by atoms with Crippen molar-refractivity contribution in [1.82, 2.24) is 20.2 Å². The van der Waals surface area contributed by atoms with Crippen molar-refractivity contribution >= 4 is 35.2 Å². The van der Waals surface area contributed by atoms with Crippen molar-refractivity contribution in [1.29, 1.82) is 0 Å². The van der Waals surface area contributed by atoms with Crippen molar-refractivity contribution in [3.05, 3.63) is 64.6 Å². The summed E-state index contributed by atoms with van der Waals surface area (Å²) >= 11 is 6.28. The molecule has 0 saturated heterocycles. The zero-order valence-electron chi connectivity index (χ0n) is 23.8. The number of carbonyl (C=O) groups excluding carboxylic acids is 3. The number of alkyl carbamates (subject to hydrolysis) is 1. The lowest BCUT2D eigenvalue weighted by molar-refractivity contribution is 0.0500. The van der Waals surface area contributed by atoms with Gasteiger partial charge < -0.3 is 34.7 Å². The molecule has 0 spiro atoms. The summed E-state index contributed by atoms with van der Waals surface area (Å²) in [6.07, 6.45) is 0.708. The smallest absolute Gasteiger partial charge is 0.407 e. The minimum atomic E-state index is -1.15. The number of methoxy groups -OCH3 is 1. The molecule has 11 nitrogen and oxygen atoms in total. The van der Waals surface area contributed by atoms with Crippen LogP contribution in [0.25, 0.3) is 11.3 Å². The molecule has 3 amide bonds. The highest BCUT2D eigenvalue weighted by Crippen LogP contribution is 2.30. The molecule has 3 N–H and O–H groups in total. The second-order valence-electron chi connectivity index (χ2n) is 9.92. The molecular weight excluding hydrogens is 576 g/mol. The fraction of sp³-hybridized carbons (Fsp3) is 0.357. The van der Waals surface area contributed by atoms with Crippen LogP contribution in [0.3, 0.4) is 0 Å². The second kappa shape index (κ2) is 14.1. The number of halogens is 3. The lowest BCUT2D eigenvalue weighted by Crippen LogP contribution is -2.34. The summed E-state index contributed by atoms with van der Waals surface area (Å²) in [5, 5.41) is 7.94. The van der Waals surface area contributed by atoms with E-state index in [1.54, 1.807) is 20.8 Å². The monoisotopic (exact) mass is 607 g/mol. The maximum atomic E-state index is 14.6. The van der Waals surface area contributed by atoms with Gasteiger partial charge in [-0.3, -0.25) is 9.59 Å². The van der Waals surface area contributed by atoms with Gasteiger partial charge in [0.1, 0.15) is 5.60 Å². The number of nitrogens with one attached hydrogen (secondary N) is 3. The largest absolute Gasteiger partial charge is 0.494 e. The number of hydrogen-bond donors (Lipinski definition) is 3. The van der Waals surface area contributed by atoms with Crippen molar-refractivity contribution in [3.8, 4) is 17.0 Å². The predicted molar refractivity (Wildman–Crippen MR) is 152 cm³/mol. The Balaban J connectivity index is 1.51. The molecule has 0 saturated carbocycles. The summed E-state index contributed by atoms with van der Waals surface area (Å²) < 4.78 is 45.4. The molecule has 1 aromatic heterocycles. The average Bonchev–Trinajstić information content (AvgIpc) is 3.29. The van der Waals surface area contributed by atoms with E-state index in [1.807, 2.05) is 0 Å². The molecule has 0 aliphatic carbocycles. The van der Waals surface area contributed by atoms with Crippen LogP contribution in [0.4, 0.5) is 19.3 Å². The van der Waals surface area contributed by atoms with Crippen molar-refractivity contribution in [3.63, 3.8) is 0 Å². The lowest BCUT2D eigenvalue weighted by atomic mass is 10.1. The second-order valence-corrected chi connectivity index (χ2v) is 10.3. The van der Waals surface area contributed by atoms with Crippen LogP contribution >= 0.6 is 11.6 Å². The lowest BCUT2D eigenvalue weighted by Gasteiger charge is -2.19. The van der Waals surface area contributed by atoms with Crippen LogP contribution in [0.15, 0.2) is 36.5 Å². The van der Waals surface area contributed by atoms with Crippen LogP contribution < -0.4 is 20.7 Å². The Kier molecular flexibility index (Phi) is 10.8. The van der Waals surface area contributed by atoms with Gasteiger partial charge in [0.05, 0.1) is 42.8 Å². The molecular formula is C28H32ClF2N5O6. The van der Waals surface area contributed by atoms with Crippen molar-refractivity contribution < 1.29 is 37.4 Å². The molecule has 0 bridgehead atoms. The SMILES string of the molecule is COc1ccc(-c2cnc(C(=O)Nc3ccc(C(=O)NCCOCCNC(=O)OC(C)(C)C)c(Cl)c3)n2C)c(F)c1F. The first-order valence-electron chi connectivity index (χ1n) is 12.8. The first-order chi connectivity index (χ1) is 19.8. The van der Waals surface area contributed by atoms with Gasteiger partial charge in [-0.25, -0.2) is 14.2 Å². The van der Waals surface area contributed by atoms with Gasteiger partial charge in [0.15, 0.2) is 17.4 Å². The maximum absolute atomic E-state index is 14.6. The number of amides is 3.